The van der Waals surface area contributed by atoms with Gasteiger partial charge in [-0.3, -0.25) is 4.99 Å². The van der Waals surface area contributed by atoms with Gasteiger partial charge in [0, 0.05) is 18.0 Å². The van der Waals surface area contributed by atoms with E-state index in [1.165, 1.54) is 0 Å². The summed E-state index contributed by atoms with van der Waals surface area (Å²) in [5.41, 5.74) is 7.28. The number of fused-ring (bicyclic) bond motifs is 1. The van der Waals surface area contributed by atoms with E-state index in [4.69, 9.17) is 10.5 Å². The van der Waals surface area contributed by atoms with E-state index in [0.29, 0.717) is 24.5 Å². The maximum absolute atomic E-state index is 6.12. The lowest BCUT2D eigenvalue weighted by molar-refractivity contribution is 0.258. The minimum absolute atomic E-state index is 0. The maximum Gasteiger partial charge on any atom is 0.189 e. The molecule has 0 spiro atoms. The molecule has 1 heterocycles. The number of guanidine groups is 1. The van der Waals surface area contributed by atoms with Crippen molar-refractivity contribution in [3.05, 3.63) is 29.8 Å². The molecule has 2 rings (SSSR count). The highest BCUT2D eigenvalue weighted by molar-refractivity contribution is 14.0. The van der Waals surface area contributed by atoms with E-state index >= 15 is 0 Å². The molecule has 5 nitrogen and oxygen atoms in total. The lowest BCUT2D eigenvalue weighted by Gasteiger charge is -2.27. The number of para-hydroxylation sites is 1. The average Bonchev–Trinajstić information content (AvgIpc) is 2.51. The van der Waals surface area contributed by atoms with Gasteiger partial charge in [-0.1, -0.05) is 32.0 Å². The molecule has 1 aliphatic rings. The number of likely N-dealkylation sites (N-methyl/N-ethyl adjacent to an activating group) is 1. The Bertz CT molecular complexity index is 534. The summed E-state index contributed by atoms with van der Waals surface area (Å²) < 4.78 is 5.68. The van der Waals surface area contributed by atoms with Gasteiger partial charge in [-0.05, 0) is 32.5 Å². The van der Waals surface area contributed by atoms with Gasteiger partial charge in [0.15, 0.2) is 5.96 Å². The molecule has 0 bridgehead atoms. The Kier molecular flexibility index (Phi) is 8.83. The summed E-state index contributed by atoms with van der Waals surface area (Å²) in [5, 5.41) is 3.35. The second-order valence-corrected chi connectivity index (χ2v) is 6.84. The van der Waals surface area contributed by atoms with Gasteiger partial charge in [0.2, 0.25) is 0 Å². The number of hydrogen-bond acceptors (Lipinski definition) is 3. The van der Waals surface area contributed by atoms with Crippen LogP contribution in [0.4, 0.5) is 0 Å². The van der Waals surface area contributed by atoms with E-state index in [9.17, 15) is 0 Å². The normalized spacial score (nSPS) is 18.6. The molecule has 2 unspecified atom stereocenters. The Morgan fingerprint density at radius 1 is 1.38 bits per heavy atom. The van der Waals surface area contributed by atoms with Crippen molar-refractivity contribution in [1.29, 1.82) is 0 Å². The molecule has 0 aromatic heterocycles. The van der Waals surface area contributed by atoms with Crippen LogP contribution in [0.2, 0.25) is 0 Å². The van der Waals surface area contributed by atoms with Crippen LogP contribution in [0.15, 0.2) is 29.3 Å². The fraction of sp³-hybridized carbons (Fsp3) is 0.611. The Balaban J connectivity index is 0.00000288. The van der Waals surface area contributed by atoms with Gasteiger partial charge in [0.05, 0.1) is 19.2 Å². The highest BCUT2D eigenvalue weighted by Gasteiger charge is 2.21. The van der Waals surface area contributed by atoms with Crippen molar-refractivity contribution in [3.8, 4) is 5.75 Å². The second-order valence-electron chi connectivity index (χ2n) is 6.84. The topological polar surface area (TPSA) is 62.9 Å². The molecule has 1 aliphatic heterocycles. The second kappa shape index (κ2) is 10.1. The largest absolute Gasteiger partial charge is 0.493 e. The first-order valence-corrected chi connectivity index (χ1v) is 8.42. The number of benzene rings is 1. The maximum atomic E-state index is 6.12. The molecule has 0 amide bonds. The summed E-state index contributed by atoms with van der Waals surface area (Å²) in [6, 6.07) is 8.69. The fourth-order valence-corrected chi connectivity index (χ4v) is 2.91. The molecule has 0 saturated heterocycles. The number of halogens is 1. The Morgan fingerprint density at radius 3 is 2.75 bits per heavy atom. The van der Waals surface area contributed by atoms with E-state index in [0.717, 1.165) is 30.7 Å². The monoisotopic (exact) mass is 446 g/mol. The number of aliphatic imine (C=N–C) groups is 1. The number of rotatable bonds is 6. The molecule has 0 saturated carbocycles. The van der Waals surface area contributed by atoms with E-state index in [-0.39, 0.29) is 30.0 Å². The summed E-state index contributed by atoms with van der Waals surface area (Å²) in [5.74, 6) is 2.10. The molecular formula is C18H31IN4O. The summed E-state index contributed by atoms with van der Waals surface area (Å²) in [6.45, 7) is 5.89. The molecule has 0 aliphatic carbocycles. The highest BCUT2D eigenvalue weighted by atomic mass is 127. The number of nitrogens with two attached hydrogens (primary N) is 1. The zero-order valence-corrected chi connectivity index (χ0v) is 17.5. The molecule has 3 N–H and O–H groups in total. The standard InChI is InChI=1S/C18H30N4O.HI/c1-13(2)11-14(22(3)4)12-20-18(19)21-16-9-10-23-17-8-6-5-7-15(16)17;/h5-8,13-14,16H,9-12H2,1-4H3,(H3,19,20,21);1H. The third kappa shape index (κ3) is 6.12. The van der Waals surface area contributed by atoms with Gasteiger partial charge in [-0.15, -0.1) is 24.0 Å². The average molecular weight is 446 g/mol. The molecule has 24 heavy (non-hydrogen) atoms. The predicted octanol–water partition coefficient (Wildman–Crippen LogP) is 3.01. The first kappa shape index (κ1) is 21.0. The van der Waals surface area contributed by atoms with E-state index in [2.05, 4.69) is 49.2 Å². The smallest absolute Gasteiger partial charge is 0.189 e. The van der Waals surface area contributed by atoms with Crippen LogP contribution < -0.4 is 15.8 Å². The van der Waals surface area contributed by atoms with Crippen LogP contribution in [0.3, 0.4) is 0 Å². The van der Waals surface area contributed by atoms with Crippen LogP contribution in [0.1, 0.15) is 38.3 Å². The molecule has 6 heteroatoms. The van der Waals surface area contributed by atoms with Gasteiger partial charge in [-0.2, -0.15) is 0 Å². The van der Waals surface area contributed by atoms with Crippen molar-refractivity contribution in [2.45, 2.75) is 38.8 Å². The van der Waals surface area contributed by atoms with Gasteiger partial charge >= 0.3 is 0 Å². The number of hydrogen-bond donors (Lipinski definition) is 2. The van der Waals surface area contributed by atoms with Gasteiger partial charge < -0.3 is 20.7 Å². The van der Waals surface area contributed by atoms with Gasteiger partial charge in [0.1, 0.15) is 5.75 Å². The minimum Gasteiger partial charge on any atom is -0.493 e. The van der Waals surface area contributed by atoms with Crippen LogP contribution in [0.25, 0.3) is 0 Å². The SMILES string of the molecule is CC(C)CC(CN=C(N)NC1CCOc2ccccc21)N(C)C.I. The van der Waals surface area contributed by atoms with Crippen molar-refractivity contribution in [1.82, 2.24) is 10.2 Å². The molecule has 0 radical (unpaired) electrons. The van der Waals surface area contributed by atoms with E-state index in [1.54, 1.807) is 0 Å². The minimum atomic E-state index is 0. The molecule has 2 atom stereocenters. The van der Waals surface area contributed by atoms with Gasteiger partial charge in [-0.25, -0.2) is 0 Å². The summed E-state index contributed by atoms with van der Waals surface area (Å²) in [4.78, 5) is 6.79. The molecule has 136 valence electrons. The zero-order chi connectivity index (χ0) is 16.8. The van der Waals surface area contributed by atoms with E-state index in [1.807, 2.05) is 18.2 Å². The lowest BCUT2D eigenvalue weighted by atomic mass is 10.0. The third-order valence-electron chi connectivity index (χ3n) is 4.23. The summed E-state index contributed by atoms with van der Waals surface area (Å²) >= 11 is 0. The number of nitrogens with one attached hydrogen (secondary N) is 1. The Hall–Kier alpha value is -1.02. The van der Waals surface area contributed by atoms with Crippen LogP contribution in [0.5, 0.6) is 5.75 Å². The fourth-order valence-electron chi connectivity index (χ4n) is 2.91. The quantitative estimate of drug-likeness (QED) is 0.401. The molecule has 1 aromatic carbocycles. The molecule has 1 aromatic rings. The van der Waals surface area contributed by atoms with Crippen LogP contribution in [-0.2, 0) is 0 Å². The summed E-state index contributed by atoms with van der Waals surface area (Å²) in [6.07, 6.45) is 2.01. The van der Waals surface area contributed by atoms with Gasteiger partial charge in [0.25, 0.3) is 0 Å². The van der Waals surface area contributed by atoms with Crippen molar-refractivity contribution >= 4 is 29.9 Å². The van der Waals surface area contributed by atoms with Crippen molar-refractivity contribution in [2.75, 3.05) is 27.2 Å². The van der Waals surface area contributed by atoms with Crippen molar-refractivity contribution in [2.24, 2.45) is 16.6 Å². The highest BCUT2D eigenvalue weighted by Crippen LogP contribution is 2.31. The molecular weight excluding hydrogens is 415 g/mol. The molecule has 0 fully saturated rings. The van der Waals surface area contributed by atoms with Crippen LogP contribution >= 0.6 is 24.0 Å². The first-order chi connectivity index (χ1) is 11.0. The third-order valence-corrected chi connectivity index (χ3v) is 4.23. The zero-order valence-electron chi connectivity index (χ0n) is 15.2. The Morgan fingerprint density at radius 2 is 2.08 bits per heavy atom. The predicted molar refractivity (Wildman–Crippen MR) is 111 cm³/mol. The van der Waals surface area contributed by atoms with Crippen molar-refractivity contribution < 1.29 is 4.74 Å². The van der Waals surface area contributed by atoms with Crippen LogP contribution in [0, 0.1) is 5.92 Å². The Labute approximate surface area is 163 Å². The van der Waals surface area contributed by atoms with Crippen LogP contribution in [-0.4, -0.2) is 44.1 Å². The number of nitrogens with zero attached hydrogens (tertiary/aromatic N) is 2. The number of ether oxygens (including phenoxy) is 1. The van der Waals surface area contributed by atoms with E-state index < -0.39 is 0 Å². The lowest BCUT2D eigenvalue weighted by Crippen LogP contribution is -2.39. The van der Waals surface area contributed by atoms with Crippen molar-refractivity contribution in [3.63, 3.8) is 0 Å². The first-order valence-electron chi connectivity index (χ1n) is 8.42. The summed E-state index contributed by atoms with van der Waals surface area (Å²) in [7, 11) is 4.20.